The number of benzene rings is 4. The van der Waals surface area contributed by atoms with Gasteiger partial charge in [-0.05, 0) is 53.5 Å². The van der Waals surface area contributed by atoms with Crippen LogP contribution in [0, 0.1) is 0 Å². The molecule has 0 saturated heterocycles. The Kier molecular flexibility index (Phi) is 9.35. The van der Waals surface area contributed by atoms with Crippen LogP contribution in [0.25, 0.3) is 0 Å². The number of hydrogen-bond acceptors (Lipinski definition) is 0. The van der Waals surface area contributed by atoms with Crippen LogP contribution >= 0.6 is 41.8 Å². The second kappa shape index (κ2) is 11.5. The first-order valence-corrected chi connectivity index (χ1v) is 10.8. The van der Waals surface area contributed by atoms with Gasteiger partial charge in [0.1, 0.15) is 0 Å². The molecule has 0 bridgehead atoms. The summed E-state index contributed by atoms with van der Waals surface area (Å²) in [6.07, 6.45) is 0.909. The zero-order valence-corrected chi connectivity index (χ0v) is 19.9. The van der Waals surface area contributed by atoms with Crippen LogP contribution in [0.15, 0.2) is 109 Å². The van der Waals surface area contributed by atoms with Crippen molar-refractivity contribution >= 4 is 57.7 Å². The lowest BCUT2D eigenvalue weighted by Crippen LogP contribution is -2.23. The van der Waals surface area contributed by atoms with E-state index < -0.39 is 7.92 Å². The Morgan fingerprint density at radius 3 is 1.62 bits per heavy atom. The molecule has 0 amide bonds. The molecular weight excluding hydrogens is 433 g/mol. The van der Waals surface area contributed by atoms with Crippen LogP contribution in [0.4, 0.5) is 0 Å². The average molecular weight is 457 g/mol. The SMILES string of the molecule is Cl.Clc1ccc(Cc2ccccc2P(c2ccccc2)c2ccccc2)cc1.P. The summed E-state index contributed by atoms with van der Waals surface area (Å²) in [5.74, 6) is 0. The molecule has 0 N–H and O–H groups in total. The molecule has 0 radical (unpaired) electrons. The summed E-state index contributed by atoms with van der Waals surface area (Å²) in [4.78, 5) is 0. The van der Waals surface area contributed by atoms with Gasteiger partial charge in [-0.15, -0.1) is 12.4 Å². The van der Waals surface area contributed by atoms with Gasteiger partial charge in [-0.25, -0.2) is 0 Å². The van der Waals surface area contributed by atoms with Gasteiger partial charge < -0.3 is 0 Å². The lowest BCUT2D eigenvalue weighted by atomic mass is 10.1. The van der Waals surface area contributed by atoms with Crippen molar-refractivity contribution in [1.82, 2.24) is 0 Å². The van der Waals surface area contributed by atoms with E-state index in [2.05, 4.69) is 97.1 Å². The molecule has 0 aromatic heterocycles. The Bertz CT molecular complexity index is 964. The summed E-state index contributed by atoms with van der Waals surface area (Å²) in [6, 6.07) is 38.7. The highest BCUT2D eigenvalue weighted by molar-refractivity contribution is 7.79. The first kappa shape index (κ1) is 23.6. The minimum atomic E-state index is -0.595. The van der Waals surface area contributed by atoms with Gasteiger partial charge in [-0.1, -0.05) is 109 Å². The fourth-order valence-electron chi connectivity index (χ4n) is 3.28. The first-order valence-electron chi connectivity index (χ1n) is 9.04. The second-order valence-corrected chi connectivity index (χ2v) is 9.06. The summed E-state index contributed by atoms with van der Waals surface area (Å²) < 4.78 is 0. The Morgan fingerprint density at radius 1 is 0.586 bits per heavy atom. The van der Waals surface area contributed by atoms with Gasteiger partial charge in [0.2, 0.25) is 0 Å². The standard InChI is InChI=1S/C25H20ClP.ClH.H3P/c26-22-17-15-20(16-18-22)19-21-9-7-8-14-25(21)27(23-10-3-1-4-11-23)24-12-5-2-6-13-24;;/h1-18H,19H2;1H;1H3. The van der Waals surface area contributed by atoms with Crippen molar-refractivity contribution in [3.63, 3.8) is 0 Å². The van der Waals surface area contributed by atoms with Crippen molar-refractivity contribution in [2.24, 2.45) is 0 Å². The van der Waals surface area contributed by atoms with Gasteiger partial charge in [0, 0.05) is 5.02 Å². The summed E-state index contributed by atoms with van der Waals surface area (Å²) in [7, 11) is -0.595. The van der Waals surface area contributed by atoms with Crippen molar-refractivity contribution in [3.05, 3.63) is 125 Å². The molecule has 1 unspecified atom stereocenters. The minimum absolute atomic E-state index is 0. The third-order valence-corrected chi connectivity index (χ3v) is 7.37. The summed E-state index contributed by atoms with van der Waals surface area (Å²) in [5.41, 5.74) is 2.65. The van der Waals surface area contributed by atoms with E-state index in [1.807, 2.05) is 12.1 Å². The van der Waals surface area contributed by atoms with Gasteiger partial charge in [0.15, 0.2) is 0 Å². The summed E-state index contributed by atoms with van der Waals surface area (Å²) in [6.45, 7) is 0. The minimum Gasteiger partial charge on any atom is -0.153 e. The lowest BCUT2D eigenvalue weighted by molar-refractivity contribution is 1.21. The molecule has 0 aliphatic carbocycles. The zero-order valence-electron chi connectivity index (χ0n) is 16.0. The monoisotopic (exact) mass is 456 g/mol. The van der Waals surface area contributed by atoms with E-state index in [1.54, 1.807) is 0 Å². The summed E-state index contributed by atoms with van der Waals surface area (Å²) in [5, 5.41) is 4.95. The predicted octanol–water partition coefficient (Wildman–Crippen LogP) is 6.17. The maximum atomic E-state index is 6.06. The molecule has 29 heavy (non-hydrogen) atoms. The highest BCUT2D eigenvalue weighted by atomic mass is 35.5. The fraction of sp³-hybridized carbons (Fsp3) is 0.0400. The molecule has 0 nitrogen and oxygen atoms in total. The Morgan fingerprint density at radius 2 is 1.07 bits per heavy atom. The van der Waals surface area contributed by atoms with Crippen molar-refractivity contribution in [2.45, 2.75) is 6.42 Å². The average Bonchev–Trinajstić information content (AvgIpc) is 2.73. The van der Waals surface area contributed by atoms with Crippen LogP contribution in [0.5, 0.6) is 0 Å². The Hall–Kier alpha value is -1.68. The third-order valence-electron chi connectivity index (χ3n) is 4.57. The van der Waals surface area contributed by atoms with Crippen molar-refractivity contribution in [3.8, 4) is 0 Å². The molecule has 0 aliphatic rings. The number of halogens is 2. The molecule has 4 heteroatoms. The maximum absolute atomic E-state index is 6.06. The molecule has 0 aliphatic heterocycles. The second-order valence-electron chi connectivity index (χ2n) is 6.44. The summed E-state index contributed by atoms with van der Waals surface area (Å²) >= 11 is 6.06. The molecule has 1 atom stereocenters. The van der Waals surface area contributed by atoms with E-state index in [0.29, 0.717) is 0 Å². The van der Waals surface area contributed by atoms with Crippen LogP contribution in [-0.4, -0.2) is 0 Å². The van der Waals surface area contributed by atoms with Gasteiger partial charge in [-0.2, -0.15) is 9.90 Å². The van der Waals surface area contributed by atoms with Crippen molar-refractivity contribution in [2.75, 3.05) is 0 Å². The smallest absolute Gasteiger partial charge is 0.0406 e. The van der Waals surface area contributed by atoms with E-state index in [-0.39, 0.29) is 22.3 Å². The highest BCUT2D eigenvalue weighted by Gasteiger charge is 2.19. The number of hydrogen-bond donors (Lipinski definition) is 0. The quantitative estimate of drug-likeness (QED) is 0.315. The van der Waals surface area contributed by atoms with Crippen LogP contribution in [0.1, 0.15) is 11.1 Å². The third kappa shape index (κ3) is 5.91. The first-order chi connectivity index (χ1) is 13.3. The molecular formula is C25H24Cl2P2. The topological polar surface area (TPSA) is 0 Å². The van der Waals surface area contributed by atoms with Crippen LogP contribution in [-0.2, 0) is 6.42 Å². The Labute approximate surface area is 189 Å². The predicted molar refractivity (Wildman–Crippen MR) is 138 cm³/mol. The van der Waals surface area contributed by atoms with Crippen LogP contribution in [0.2, 0.25) is 5.02 Å². The Balaban J connectivity index is 0.00000150. The van der Waals surface area contributed by atoms with E-state index in [1.165, 1.54) is 27.0 Å². The van der Waals surface area contributed by atoms with Gasteiger partial charge >= 0.3 is 0 Å². The van der Waals surface area contributed by atoms with E-state index in [9.17, 15) is 0 Å². The van der Waals surface area contributed by atoms with Gasteiger partial charge in [0.25, 0.3) is 0 Å². The zero-order chi connectivity index (χ0) is 18.5. The molecule has 0 heterocycles. The van der Waals surface area contributed by atoms with Gasteiger partial charge in [0.05, 0.1) is 0 Å². The molecule has 0 fully saturated rings. The van der Waals surface area contributed by atoms with Crippen molar-refractivity contribution in [1.29, 1.82) is 0 Å². The largest absolute Gasteiger partial charge is 0.153 e. The van der Waals surface area contributed by atoms with E-state index >= 15 is 0 Å². The molecule has 4 aromatic carbocycles. The number of rotatable bonds is 5. The fourth-order valence-corrected chi connectivity index (χ4v) is 5.88. The van der Waals surface area contributed by atoms with E-state index in [0.717, 1.165) is 11.4 Å². The van der Waals surface area contributed by atoms with E-state index in [4.69, 9.17) is 11.6 Å². The molecule has 4 aromatic rings. The molecule has 0 saturated carbocycles. The van der Waals surface area contributed by atoms with Gasteiger partial charge in [-0.3, -0.25) is 0 Å². The molecule has 0 spiro atoms. The van der Waals surface area contributed by atoms with Crippen molar-refractivity contribution < 1.29 is 0 Å². The lowest BCUT2D eigenvalue weighted by Gasteiger charge is -2.22. The van der Waals surface area contributed by atoms with Crippen LogP contribution < -0.4 is 15.9 Å². The van der Waals surface area contributed by atoms with Crippen LogP contribution in [0.3, 0.4) is 0 Å². The normalized spacial score (nSPS) is 10.1. The highest BCUT2D eigenvalue weighted by Crippen LogP contribution is 2.34. The molecule has 148 valence electrons. The maximum Gasteiger partial charge on any atom is 0.0406 e. The molecule has 4 rings (SSSR count).